The second kappa shape index (κ2) is 12.0. The number of carboxylic acid groups (broad SMARTS) is 1. The molecule has 2 atom stereocenters. The highest BCUT2D eigenvalue weighted by Crippen LogP contribution is 2.37. The number of carboxylic acids is 1. The fourth-order valence-corrected chi connectivity index (χ4v) is 7.63. The van der Waals surface area contributed by atoms with Gasteiger partial charge in [-0.3, -0.25) is 9.20 Å². The van der Waals surface area contributed by atoms with Crippen molar-refractivity contribution < 1.29 is 36.2 Å². The van der Waals surface area contributed by atoms with Crippen molar-refractivity contribution in [1.29, 1.82) is 0 Å². The molecule has 2 aliphatic heterocycles. The number of hydrogen-bond acceptors (Lipinski definition) is 8. The number of morpholine rings is 1. The predicted molar refractivity (Wildman–Crippen MR) is 159 cm³/mol. The highest BCUT2D eigenvalue weighted by atomic mass is 32.2. The number of hydrogen-bond donors (Lipinski definition) is 1. The van der Waals surface area contributed by atoms with E-state index in [1.54, 1.807) is 43.5 Å². The highest BCUT2D eigenvalue weighted by molar-refractivity contribution is 7.89. The number of carbonyl (C=O) groups is 1. The number of rotatable bonds is 6. The third kappa shape index (κ3) is 5.87. The third-order valence-electron chi connectivity index (χ3n) is 8.28. The van der Waals surface area contributed by atoms with Crippen LogP contribution in [0.25, 0.3) is 5.65 Å². The van der Waals surface area contributed by atoms with E-state index in [9.17, 15) is 31.5 Å². The summed E-state index contributed by atoms with van der Waals surface area (Å²) in [5.41, 5.74) is 2.85. The van der Waals surface area contributed by atoms with Crippen LogP contribution < -0.4 is 4.90 Å². The summed E-state index contributed by atoms with van der Waals surface area (Å²) >= 11 is 0. The number of sulfonamides is 1. The minimum absolute atomic E-state index is 0. The SMILES string of the molecule is C.Cc1ccc([C@@H](CC(=O)O)c2ccn3c(C(F)(F)F)nnc3c2C)cc1CN1C[C@@H]2COCCN2c2ncccc2S1(=O)=O. The average Bonchev–Trinajstić information content (AvgIpc) is 3.40. The maximum Gasteiger partial charge on any atom is 0.452 e. The van der Waals surface area contributed by atoms with E-state index in [0.717, 1.165) is 9.96 Å². The van der Waals surface area contributed by atoms with Crippen molar-refractivity contribution in [3.05, 3.63) is 82.4 Å². The van der Waals surface area contributed by atoms with Gasteiger partial charge in [0.05, 0.1) is 25.7 Å². The van der Waals surface area contributed by atoms with Crippen LogP contribution in [0.3, 0.4) is 0 Å². The first-order chi connectivity index (χ1) is 20.9. The molecule has 0 saturated carbocycles. The van der Waals surface area contributed by atoms with Crippen molar-refractivity contribution in [1.82, 2.24) is 23.9 Å². The Bertz CT molecular complexity index is 1860. The normalized spacial score (nSPS) is 18.9. The number of fused-ring (bicyclic) bond motifs is 4. The van der Waals surface area contributed by atoms with Gasteiger partial charge in [0.15, 0.2) is 5.65 Å². The van der Waals surface area contributed by atoms with Crippen LogP contribution in [-0.4, -0.2) is 75.7 Å². The Kier molecular flexibility index (Phi) is 8.63. The molecule has 0 amide bonds. The van der Waals surface area contributed by atoms with Gasteiger partial charge in [-0.25, -0.2) is 13.4 Å². The lowest BCUT2D eigenvalue weighted by Crippen LogP contribution is -2.50. The van der Waals surface area contributed by atoms with Gasteiger partial charge >= 0.3 is 12.1 Å². The Hall–Kier alpha value is -4.08. The van der Waals surface area contributed by atoms with E-state index < -0.39 is 33.9 Å². The van der Waals surface area contributed by atoms with E-state index >= 15 is 0 Å². The molecule has 5 heterocycles. The summed E-state index contributed by atoms with van der Waals surface area (Å²) in [4.78, 5) is 18.5. The molecule has 0 unspecified atom stereocenters. The van der Waals surface area contributed by atoms with Crippen LogP contribution in [0, 0.1) is 13.8 Å². The van der Waals surface area contributed by atoms with Crippen molar-refractivity contribution in [2.24, 2.45) is 0 Å². The Morgan fingerprint density at radius 3 is 2.69 bits per heavy atom. The lowest BCUT2D eigenvalue weighted by molar-refractivity contribution is -0.145. The van der Waals surface area contributed by atoms with Crippen LogP contribution in [0.2, 0.25) is 0 Å². The summed E-state index contributed by atoms with van der Waals surface area (Å²) in [6.45, 7) is 4.88. The van der Waals surface area contributed by atoms with Gasteiger partial charge in [0.2, 0.25) is 15.8 Å². The number of nitrogens with zero attached hydrogens (tertiary/aromatic N) is 6. The number of ether oxygens (including phenoxy) is 1. The second-order valence-corrected chi connectivity index (χ2v) is 12.9. The van der Waals surface area contributed by atoms with Crippen molar-refractivity contribution in [2.45, 2.75) is 57.3 Å². The summed E-state index contributed by atoms with van der Waals surface area (Å²) in [6.07, 6.45) is -2.31. The molecule has 240 valence electrons. The molecule has 15 heteroatoms. The number of benzene rings is 1. The first kappa shape index (κ1) is 32.3. The quantitative estimate of drug-likeness (QED) is 0.324. The molecular weight excluding hydrogens is 613 g/mol. The molecule has 45 heavy (non-hydrogen) atoms. The number of aryl methyl sites for hydroxylation is 2. The van der Waals surface area contributed by atoms with Crippen molar-refractivity contribution in [3.63, 3.8) is 0 Å². The summed E-state index contributed by atoms with van der Waals surface area (Å²) in [7, 11) is -3.97. The zero-order valence-corrected chi connectivity index (χ0v) is 24.6. The molecule has 2 aliphatic rings. The molecule has 1 saturated heterocycles. The minimum atomic E-state index is -4.72. The van der Waals surface area contributed by atoms with Crippen molar-refractivity contribution in [3.8, 4) is 0 Å². The monoisotopic (exact) mass is 646 g/mol. The third-order valence-corrected chi connectivity index (χ3v) is 10.1. The Morgan fingerprint density at radius 2 is 1.96 bits per heavy atom. The molecule has 1 N–H and O–H groups in total. The van der Waals surface area contributed by atoms with Gasteiger partial charge in [-0.15, -0.1) is 10.2 Å². The van der Waals surface area contributed by atoms with Crippen molar-refractivity contribution in [2.75, 3.05) is 31.2 Å². The lowest BCUT2D eigenvalue weighted by Gasteiger charge is -2.36. The van der Waals surface area contributed by atoms with Crippen LogP contribution in [-0.2, 0) is 32.3 Å². The molecule has 0 bridgehead atoms. The van der Waals surface area contributed by atoms with Gasteiger partial charge in [0.1, 0.15) is 10.7 Å². The zero-order chi connectivity index (χ0) is 31.4. The maximum absolute atomic E-state index is 14.0. The predicted octanol–water partition coefficient (Wildman–Crippen LogP) is 4.41. The molecule has 0 radical (unpaired) electrons. The number of aromatic nitrogens is 4. The Balaban J connectivity index is 0.00000400. The molecule has 1 aromatic carbocycles. The summed E-state index contributed by atoms with van der Waals surface area (Å²) in [6, 6.07) is 9.66. The smallest absolute Gasteiger partial charge is 0.452 e. The van der Waals surface area contributed by atoms with E-state index in [1.165, 1.54) is 16.6 Å². The Morgan fingerprint density at radius 1 is 1.18 bits per heavy atom. The summed E-state index contributed by atoms with van der Waals surface area (Å²) in [5, 5.41) is 16.9. The number of pyridine rings is 2. The first-order valence-corrected chi connectivity index (χ1v) is 15.3. The molecule has 3 aromatic heterocycles. The van der Waals surface area contributed by atoms with E-state index in [2.05, 4.69) is 15.2 Å². The van der Waals surface area contributed by atoms with Gasteiger partial charge in [-0.05, 0) is 59.9 Å². The van der Waals surface area contributed by atoms with Crippen molar-refractivity contribution >= 4 is 27.5 Å². The number of aliphatic carboxylic acids is 1. The number of halogens is 3. The van der Waals surface area contributed by atoms with E-state index in [4.69, 9.17) is 4.74 Å². The molecule has 1 fully saturated rings. The topological polar surface area (TPSA) is 130 Å². The lowest BCUT2D eigenvalue weighted by atomic mass is 9.85. The summed E-state index contributed by atoms with van der Waals surface area (Å²) in [5.74, 6) is -2.64. The number of anilines is 1. The van der Waals surface area contributed by atoms with Crippen LogP contribution >= 0.6 is 0 Å². The molecule has 0 spiro atoms. The Labute approximate surface area is 258 Å². The molecule has 11 nitrogen and oxygen atoms in total. The first-order valence-electron chi connectivity index (χ1n) is 13.9. The zero-order valence-electron chi connectivity index (χ0n) is 23.8. The van der Waals surface area contributed by atoms with Gasteiger partial charge in [-0.2, -0.15) is 17.5 Å². The van der Waals surface area contributed by atoms with Gasteiger partial charge in [0, 0.05) is 37.9 Å². The highest BCUT2D eigenvalue weighted by Gasteiger charge is 2.40. The van der Waals surface area contributed by atoms with Gasteiger partial charge in [0.25, 0.3) is 0 Å². The fraction of sp³-hybridized carbons (Fsp3) is 0.400. The van der Waals surface area contributed by atoms with E-state index in [0.29, 0.717) is 47.8 Å². The summed E-state index contributed by atoms with van der Waals surface area (Å²) < 4.78 is 76.2. The second-order valence-electron chi connectivity index (χ2n) is 11.0. The van der Waals surface area contributed by atoms with Gasteiger partial charge < -0.3 is 14.7 Å². The standard InChI is InChI=1S/C29H29F3N6O5S.CH4/c1-17-5-6-19(23(13-25(39)40)22-7-9-38-26(18(22)2)34-35-28(38)29(30,31)32)12-20(17)14-36-15-21-16-43-11-10-37(21)27-24(44(36,41)42)4-3-8-33-27;/h3-9,12,21,23H,10-11,13-16H2,1-2H3,(H,39,40);1H4/t21-,23-;/m1./s1. The van der Waals surface area contributed by atoms with Crippen LogP contribution in [0.5, 0.6) is 0 Å². The van der Waals surface area contributed by atoms with Gasteiger partial charge in [-0.1, -0.05) is 25.6 Å². The van der Waals surface area contributed by atoms with E-state index in [-0.39, 0.29) is 43.5 Å². The largest absolute Gasteiger partial charge is 0.481 e. The fourth-order valence-electron chi connectivity index (χ4n) is 6.02. The minimum Gasteiger partial charge on any atom is -0.481 e. The van der Waals surface area contributed by atoms with Crippen LogP contribution in [0.1, 0.15) is 53.4 Å². The number of alkyl halides is 3. The van der Waals surface area contributed by atoms with Crippen LogP contribution in [0.15, 0.2) is 53.7 Å². The molecular formula is C30H33F3N6O5S. The molecule has 4 aromatic rings. The molecule has 6 rings (SSSR count). The average molecular weight is 647 g/mol. The maximum atomic E-state index is 14.0. The van der Waals surface area contributed by atoms with Crippen LogP contribution in [0.4, 0.5) is 19.0 Å². The molecule has 0 aliphatic carbocycles. The van der Waals surface area contributed by atoms with E-state index in [1.807, 2.05) is 11.8 Å².